The molecule has 3 aromatic carbocycles. The molecule has 0 aliphatic carbocycles. The van der Waals surface area contributed by atoms with Crippen molar-refractivity contribution in [1.29, 1.82) is 0 Å². The largest absolute Gasteiger partial charge is 0.481 e. The molecule has 0 radical (unpaired) electrons. The minimum Gasteiger partial charge on any atom is -0.481 e. The highest BCUT2D eigenvalue weighted by atomic mass is 32.2. The minimum atomic E-state index is -3.67. The Hall–Kier alpha value is -3.10. The van der Waals surface area contributed by atoms with Gasteiger partial charge in [-0.3, -0.25) is 9.59 Å². The van der Waals surface area contributed by atoms with Crippen LogP contribution < -0.4 is 4.72 Å². The average Bonchev–Trinajstić information content (AvgIpc) is 2.71. The molecule has 0 fully saturated rings. The fraction of sp³-hybridized carbons (Fsp3) is 0.182. The average molecular weight is 429 g/mol. The molecule has 0 heterocycles. The number of sulfonamides is 1. The van der Waals surface area contributed by atoms with Crippen LogP contribution in [0.3, 0.4) is 0 Å². The number of carboxylic acids is 1. The van der Waals surface area contributed by atoms with Crippen molar-refractivity contribution in [2.45, 2.75) is 24.7 Å². The summed E-state index contributed by atoms with van der Waals surface area (Å²) >= 11 is 0. The zero-order chi connectivity index (χ0) is 21.9. The van der Waals surface area contributed by atoms with Gasteiger partial charge < -0.3 is 5.11 Å². The Kier molecular flexibility index (Phi) is 6.28. The Morgan fingerprint density at radius 2 is 1.73 bits per heavy atom. The van der Waals surface area contributed by atoms with Gasteiger partial charge in [0, 0.05) is 17.7 Å². The van der Waals surface area contributed by atoms with Gasteiger partial charge in [0.05, 0.1) is 11.3 Å². The smallest absolute Gasteiger partial charge is 0.307 e. The number of ketones is 1. The van der Waals surface area contributed by atoms with E-state index in [0.717, 1.165) is 0 Å². The second-order valence-electron chi connectivity index (χ2n) is 6.83. The number of hydrogen-bond acceptors (Lipinski definition) is 4. The van der Waals surface area contributed by atoms with Gasteiger partial charge in [0.25, 0.3) is 0 Å². The van der Waals surface area contributed by atoms with E-state index >= 15 is 0 Å². The molecule has 0 bridgehead atoms. The molecule has 0 atom stereocenters. The van der Waals surface area contributed by atoms with Crippen LogP contribution in [0.5, 0.6) is 0 Å². The maximum atomic E-state index is 13.8. The molecule has 6 nitrogen and oxygen atoms in total. The first-order valence-electron chi connectivity index (χ1n) is 9.29. The normalized spacial score (nSPS) is 11.5. The fourth-order valence-electron chi connectivity index (χ4n) is 3.12. The number of benzene rings is 3. The molecule has 30 heavy (non-hydrogen) atoms. The Balaban J connectivity index is 2.03. The molecule has 2 N–H and O–H groups in total. The lowest BCUT2D eigenvalue weighted by atomic mass is 9.94. The third kappa shape index (κ3) is 4.72. The van der Waals surface area contributed by atoms with Crippen molar-refractivity contribution >= 4 is 32.5 Å². The third-order valence-corrected chi connectivity index (χ3v) is 6.02. The second-order valence-corrected chi connectivity index (χ2v) is 8.60. The van der Waals surface area contributed by atoms with Crippen molar-refractivity contribution in [3.05, 3.63) is 77.1 Å². The second kappa shape index (κ2) is 8.73. The summed E-state index contributed by atoms with van der Waals surface area (Å²) in [6, 6.07) is 12.4. The van der Waals surface area contributed by atoms with E-state index in [9.17, 15) is 22.4 Å². The molecule has 0 unspecified atom stereocenters. The SMILES string of the molecule is CCCNS(=O)(=O)c1ccc(C(=O)c2cc(CC(=O)O)cc3ccc(F)cc23)cc1. The summed E-state index contributed by atoms with van der Waals surface area (Å²) in [5.74, 6) is -2.03. The zero-order valence-electron chi connectivity index (χ0n) is 16.2. The van der Waals surface area contributed by atoms with Crippen LogP contribution in [0, 0.1) is 5.82 Å². The maximum absolute atomic E-state index is 13.8. The molecule has 0 amide bonds. The highest BCUT2D eigenvalue weighted by Gasteiger charge is 2.18. The minimum absolute atomic E-state index is 0.0306. The third-order valence-electron chi connectivity index (χ3n) is 4.55. The van der Waals surface area contributed by atoms with Crippen molar-refractivity contribution in [3.8, 4) is 0 Å². The van der Waals surface area contributed by atoms with Gasteiger partial charge in [-0.05, 0) is 65.2 Å². The summed E-state index contributed by atoms with van der Waals surface area (Å²) in [4.78, 5) is 24.2. The van der Waals surface area contributed by atoms with Crippen molar-refractivity contribution in [3.63, 3.8) is 0 Å². The lowest BCUT2D eigenvalue weighted by Crippen LogP contribution is -2.24. The van der Waals surface area contributed by atoms with E-state index in [2.05, 4.69) is 4.72 Å². The molecular formula is C22H20FNO5S. The van der Waals surface area contributed by atoms with Crippen LogP contribution in [0.2, 0.25) is 0 Å². The molecule has 3 rings (SSSR count). The monoisotopic (exact) mass is 429 g/mol. The van der Waals surface area contributed by atoms with Crippen LogP contribution >= 0.6 is 0 Å². The van der Waals surface area contributed by atoms with Crippen LogP contribution in [0.25, 0.3) is 10.8 Å². The quantitative estimate of drug-likeness (QED) is 0.534. The lowest BCUT2D eigenvalue weighted by molar-refractivity contribution is -0.136. The van der Waals surface area contributed by atoms with E-state index in [-0.39, 0.29) is 22.4 Å². The van der Waals surface area contributed by atoms with Gasteiger partial charge in [-0.2, -0.15) is 0 Å². The number of carboxylic acid groups (broad SMARTS) is 1. The van der Waals surface area contributed by atoms with Crippen molar-refractivity contribution in [2.75, 3.05) is 6.54 Å². The van der Waals surface area contributed by atoms with Gasteiger partial charge in [-0.25, -0.2) is 17.5 Å². The Morgan fingerprint density at radius 3 is 2.37 bits per heavy atom. The molecule has 8 heteroatoms. The van der Waals surface area contributed by atoms with Crippen LogP contribution in [0.1, 0.15) is 34.8 Å². The van der Waals surface area contributed by atoms with Crippen molar-refractivity contribution < 1.29 is 27.5 Å². The zero-order valence-corrected chi connectivity index (χ0v) is 17.0. The lowest BCUT2D eigenvalue weighted by Gasteiger charge is -2.10. The van der Waals surface area contributed by atoms with E-state index < -0.39 is 27.6 Å². The summed E-state index contributed by atoms with van der Waals surface area (Å²) in [7, 11) is -3.67. The van der Waals surface area contributed by atoms with Crippen LogP contribution in [0.15, 0.2) is 59.5 Å². The summed E-state index contributed by atoms with van der Waals surface area (Å²) in [5, 5.41) is 9.99. The molecule has 0 aromatic heterocycles. The van der Waals surface area contributed by atoms with E-state index in [1.54, 1.807) is 6.07 Å². The Morgan fingerprint density at radius 1 is 1.03 bits per heavy atom. The summed E-state index contributed by atoms with van der Waals surface area (Å²) in [6.07, 6.45) is 0.361. The fourth-order valence-corrected chi connectivity index (χ4v) is 4.25. The molecule has 0 saturated heterocycles. The van der Waals surface area contributed by atoms with Crippen LogP contribution in [0.4, 0.5) is 4.39 Å². The molecule has 0 aliphatic rings. The van der Waals surface area contributed by atoms with Gasteiger partial charge >= 0.3 is 5.97 Å². The van der Waals surface area contributed by atoms with Gasteiger partial charge in [-0.15, -0.1) is 0 Å². The van der Waals surface area contributed by atoms with E-state index in [0.29, 0.717) is 29.3 Å². The highest BCUT2D eigenvalue weighted by Crippen LogP contribution is 2.26. The molecular weight excluding hydrogens is 409 g/mol. The first kappa shape index (κ1) is 21.6. The number of carbonyl (C=O) groups excluding carboxylic acids is 1. The topological polar surface area (TPSA) is 101 Å². The van der Waals surface area contributed by atoms with Crippen molar-refractivity contribution in [1.82, 2.24) is 4.72 Å². The number of nitrogens with one attached hydrogen (secondary N) is 1. The molecule has 3 aromatic rings. The van der Waals surface area contributed by atoms with E-state index in [4.69, 9.17) is 5.11 Å². The number of halogens is 1. The number of carbonyl (C=O) groups is 2. The van der Waals surface area contributed by atoms with Gasteiger partial charge in [0.15, 0.2) is 5.78 Å². The van der Waals surface area contributed by atoms with E-state index in [1.165, 1.54) is 48.5 Å². The first-order valence-corrected chi connectivity index (χ1v) is 10.8. The van der Waals surface area contributed by atoms with Gasteiger partial charge in [0.2, 0.25) is 10.0 Å². The number of fused-ring (bicyclic) bond motifs is 1. The van der Waals surface area contributed by atoms with E-state index in [1.807, 2.05) is 6.92 Å². The van der Waals surface area contributed by atoms with Gasteiger partial charge in [-0.1, -0.05) is 19.1 Å². The molecule has 156 valence electrons. The Bertz CT molecular complexity index is 1220. The first-order chi connectivity index (χ1) is 14.2. The Labute approximate surface area is 173 Å². The number of rotatable bonds is 8. The van der Waals surface area contributed by atoms with Gasteiger partial charge in [0.1, 0.15) is 5.82 Å². The number of hydrogen-bond donors (Lipinski definition) is 2. The van der Waals surface area contributed by atoms with Crippen molar-refractivity contribution in [2.24, 2.45) is 0 Å². The highest BCUT2D eigenvalue weighted by molar-refractivity contribution is 7.89. The standard InChI is InChI=1S/C22H20FNO5S/c1-2-9-24-30(28,29)18-7-4-15(5-8-18)22(27)20-11-14(12-21(25)26)10-16-3-6-17(23)13-19(16)20/h3-8,10-11,13,24H,2,9,12H2,1H3,(H,25,26). The predicted molar refractivity (Wildman–Crippen MR) is 111 cm³/mol. The summed E-state index contributed by atoms with van der Waals surface area (Å²) < 4.78 is 40.7. The number of aliphatic carboxylic acids is 1. The molecule has 0 saturated carbocycles. The molecule has 0 aliphatic heterocycles. The summed E-state index contributed by atoms with van der Waals surface area (Å²) in [6.45, 7) is 2.15. The van der Waals surface area contributed by atoms with Crippen LogP contribution in [-0.4, -0.2) is 31.8 Å². The van der Waals surface area contributed by atoms with Crippen LogP contribution in [-0.2, 0) is 21.2 Å². The maximum Gasteiger partial charge on any atom is 0.307 e. The predicted octanol–water partition coefficient (Wildman–Crippen LogP) is 3.53. The molecule has 0 spiro atoms. The summed E-state index contributed by atoms with van der Waals surface area (Å²) in [5.41, 5.74) is 0.776.